The summed E-state index contributed by atoms with van der Waals surface area (Å²) in [6, 6.07) is 0. The fraction of sp³-hybridized carbons (Fsp3) is 0. The van der Waals surface area contributed by atoms with E-state index in [1.807, 2.05) is 0 Å². The van der Waals surface area contributed by atoms with Crippen LogP contribution in [0.1, 0.15) is 0 Å². The van der Waals surface area contributed by atoms with Gasteiger partial charge in [0.2, 0.25) is 0 Å². The number of nitrogens with one attached hydrogen (secondary N) is 1. The smallest absolute Gasteiger partial charge is 0.271 e. The minimum Gasteiger partial charge on any atom is -0.271 e. The second-order valence-electron chi connectivity index (χ2n) is 0.485. The van der Waals surface area contributed by atoms with Crippen molar-refractivity contribution >= 4 is 5.96 Å². The van der Waals surface area contributed by atoms with E-state index in [1.54, 1.807) is 0 Å². The molecule has 0 unspecified atom stereocenters. The second-order valence-corrected chi connectivity index (χ2v) is 0.485. The third kappa shape index (κ3) is 2.89. The van der Waals surface area contributed by atoms with E-state index in [0.717, 1.165) is 0 Å². The molecule has 0 spiro atoms. The maximum atomic E-state index is 7.42. The SMILES string of the molecule is N#[N+]C(=N)N. The van der Waals surface area contributed by atoms with Crippen LogP contribution in [0.3, 0.4) is 0 Å². The molecule has 0 aromatic rings. The van der Waals surface area contributed by atoms with Crippen molar-refractivity contribution in [1.29, 1.82) is 10.8 Å². The van der Waals surface area contributed by atoms with Crippen LogP contribution in [-0.2, 0) is 0 Å². The van der Waals surface area contributed by atoms with Gasteiger partial charge in [-0.05, 0) is 4.98 Å². The minimum atomic E-state index is -0.565. The zero-order chi connectivity index (χ0) is 4.28. The third-order valence-corrected chi connectivity index (χ3v) is 0.108. The van der Waals surface area contributed by atoms with E-state index in [0.29, 0.717) is 0 Å². The van der Waals surface area contributed by atoms with Crippen LogP contribution in [0.25, 0.3) is 4.98 Å². The molecule has 0 amide bonds. The van der Waals surface area contributed by atoms with Crippen molar-refractivity contribution in [2.75, 3.05) is 0 Å². The number of rotatable bonds is 0. The van der Waals surface area contributed by atoms with E-state index >= 15 is 0 Å². The van der Waals surface area contributed by atoms with Gasteiger partial charge in [-0.3, -0.25) is 5.73 Å². The quantitative estimate of drug-likeness (QED) is 0.234. The lowest BCUT2D eigenvalue weighted by molar-refractivity contribution is 1.40. The van der Waals surface area contributed by atoms with Gasteiger partial charge in [0.25, 0.3) is 0 Å². The van der Waals surface area contributed by atoms with Crippen LogP contribution in [0.5, 0.6) is 0 Å². The number of guanidine groups is 1. The Labute approximate surface area is 28.7 Å². The molecule has 4 heteroatoms. The van der Waals surface area contributed by atoms with Crippen molar-refractivity contribution in [2.24, 2.45) is 5.73 Å². The highest BCUT2D eigenvalue weighted by atomic mass is 15.0. The molecule has 3 N–H and O–H groups in total. The zero-order valence-corrected chi connectivity index (χ0v) is 2.47. The van der Waals surface area contributed by atoms with Crippen LogP contribution < -0.4 is 5.73 Å². The van der Waals surface area contributed by atoms with E-state index in [1.165, 1.54) is 0 Å². The lowest BCUT2D eigenvalue weighted by Gasteiger charge is -1.48. The van der Waals surface area contributed by atoms with Gasteiger partial charge >= 0.3 is 5.96 Å². The largest absolute Gasteiger partial charge is 0.511 e. The van der Waals surface area contributed by atoms with Crippen LogP contribution in [0.2, 0.25) is 0 Å². The summed E-state index contributed by atoms with van der Waals surface area (Å²) >= 11 is 0. The summed E-state index contributed by atoms with van der Waals surface area (Å²) in [6.45, 7) is 0. The van der Waals surface area contributed by atoms with E-state index in [9.17, 15) is 0 Å². The third-order valence-electron chi connectivity index (χ3n) is 0.108. The Balaban J connectivity index is 3.35. The fourth-order valence-electron chi connectivity index (χ4n) is 0. The van der Waals surface area contributed by atoms with Crippen LogP contribution >= 0.6 is 0 Å². The lowest BCUT2D eigenvalue weighted by Crippen LogP contribution is -2.00. The van der Waals surface area contributed by atoms with Gasteiger partial charge in [-0.1, -0.05) is 0 Å². The first-order valence-corrected chi connectivity index (χ1v) is 0.962. The Bertz CT molecular complexity index is 76.1. The average Bonchev–Trinajstić information content (AvgIpc) is 1.38. The first-order valence-electron chi connectivity index (χ1n) is 0.962. The van der Waals surface area contributed by atoms with Gasteiger partial charge in [0.05, 0.1) is 5.39 Å². The predicted octanol–water partition coefficient (Wildman–Crippen LogP) is -0.267. The van der Waals surface area contributed by atoms with Gasteiger partial charge in [0.1, 0.15) is 0 Å². The molecular weight excluding hydrogens is 68.0 g/mol. The van der Waals surface area contributed by atoms with Crippen molar-refractivity contribution in [1.82, 2.24) is 0 Å². The molecular formula is CH3N4+. The summed E-state index contributed by atoms with van der Waals surface area (Å²) in [6.07, 6.45) is 0. The monoisotopic (exact) mass is 71.0 g/mol. The Kier molecular flexibility index (Phi) is 0.962. The highest BCUT2D eigenvalue weighted by molar-refractivity contribution is 5.83. The molecule has 4 nitrogen and oxygen atoms in total. The Hall–Kier alpha value is -1.11. The molecule has 0 bridgehead atoms. The molecule has 0 rings (SSSR count). The molecule has 0 fully saturated rings. The van der Waals surface area contributed by atoms with Crippen LogP contribution in [-0.4, -0.2) is 5.96 Å². The summed E-state index contributed by atoms with van der Waals surface area (Å²) in [5.41, 5.74) is 4.46. The summed E-state index contributed by atoms with van der Waals surface area (Å²) < 4.78 is 0. The highest BCUT2D eigenvalue weighted by Gasteiger charge is 1.84. The van der Waals surface area contributed by atoms with Crippen molar-refractivity contribution in [3.8, 4) is 0 Å². The van der Waals surface area contributed by atoms with Gasteiger partial charge in [-0.15, -0.1) is 5.41 Å². The molecule has 0 radical (unpaired) electrons. The first kappa shape index (κ1) is 3.89. The zero-order valence-electron chi connectivity index (χ0n) is 2.47. The number of hydrogen-bond acceptors (Lipinski definition) is 2. The summed E-state index contributed by atoms with van der Waals surface area (Å²) in [5.74, 6) is -0.565. The molecule has 0 aromatic heterocycles. The van der Waals surface area contributed by atoms with Gasteiger partial charge in [-0.2, -0.15) is 0 Å². The normalized spacial score (nSPS) is 5.40. The molecule has 26 valence electrons. The predicted molar refractivity (Wildman–Crippen MR) is 17.0 cm³/mol. The standard InChI is InChI=1S/CH3N4/c2-1(3)5-4/h(H3,2,3)/q+1. The molecule has 0 aliphatic carbocycles. The topological polar surface area (TPSA) is 78.0 Å². The molecule has 0 aliphatic heterocycles. The van der Waals surface area contributed by atoms with E-state index in [-0.39, 0.29) is 0 Å². The number of hydrogen-bond donors (Lipinski definition) is 2. The lowest BCUT2D eigenvalue weighted by atomic mass is 11.1. The molecule has 0 aromatic carbocycles. The molecule has 0 atom stereocenters. The first-order chi connectivity index (χ1) is 2.27. The average molecular weight is 71.1 g/mol. The maximum absolute atomic E-state index is 7.42. The molecule has 0 heterocycles. The Morgan fingerprint density at radius 2 is 2.20 bits per heavy atom. The highest BCUT2D eigenvalue weighted by Crippen LogP contribution is 1.50. The van der Waals surface area contributed by atoms with Gasteiger partial charge in [0, 0.05) is 0 Å². The number of nitrogens with two attached hydrogens (primary N) is 1. The van der Waals surface area contributed by atoms with Crippen molar-refractivity contribution < 1.29 is 0 Å². The van der Waals surface area contributed by atoms with Crippen LogP contribution in [0.15, 0.2) is 0 Å². The van der Waals surface area contributed by atoms with E-state index in [4.69, 9.17) is 10.8 Å². The second kappa shape index (κ2) is 1.24. The summed E-state index contributed by atoms with van der Waals surface area (Å²) in [7, 11) is 0. The van der Waals surface area contributed by atoms with Crippen LogP contribution in [0, 0.1) is 10.8 Å². The maximum Gasteiger partial charge on any atom is 0.511 e. The molecule has 0 saturated heterocycles. The van der Waals surface area contributed by atoms with Gasteiger partial charge < -0.3 is 0 Å². The molecule has 0 saturated carbocycles. The van der Waals surface area contributed by atoms with Gasteiger partial charge in [-0.25, -0.2) is 0 Å². The van der Waals surface area contributed by atoms with Crippen molar-refractivity contribution in [3.05, 3.63) is 4.98 Å². The summed E-state index contributed by atoms with van der Waals surface area (Å²) in [5, 5.41) is 13.5. The number of diazo groups is 1. The van der Waals surface area contributed by atoms with Crippen LogP contribution in [0.4, 0.5) is 0 Å². The Morgan fingerprint density at radius 1 is 2.00 bits per heavy atom. The van der Waals surface area contributed by atoms with E-state index in [2.05, 4.69) is 10.7 Å². The van der Waals surface area contributed by atoms with Crippen molar-refractivity contribution in [3.63, 3.8) is 0 Å². The molecule has 5 heavy (non-hydrogen) atoms. The Morgan fingerprint density at radius 3 is 2.20 bits per heavy atom. The van der Waals surface area contributed by atoms with Crippen molar-refractivity contribution in [2.45, 2.75) is 0 Å². The van der Waals surface area contributed by atoms with E-state index < -0.39 is 5.96 Å². The minimum absolute atomic E-state index is 0.565. The summed E-state index contributed by atoms with van der Waals surface area (Å²) in [4.78, 5) is 2.25. The van der Waals surface area contributed by atoms with Gasteiger partial charge in [0.15, 0.2) is 0 Å². The number of nitrogens with zero attached hydrogens (tertiary/aromatic N) is 2. The molecule has 0 aliphatic rings. The fourth-order valence-corrected chi connectivity index (χ4v) is 0.